The summed E-state index contributed by atoms with van der Waals surface area (Å²) in [6.45, 7) is 6.22. The van der Waals surface area contributed by atoms with Crippen molar-refractivity contribution in [2.45, 2.75) is 26.8 Å². The normalized spacial score (nSPS) is 12.2. The summed E-state index contributed by atoms with van der Waals surface area (Å²) >= 11 is 3.44. The second-order valence-electron chi connectivity index (χ2n) is 5.62. The fraction of sp³-hybridized carbons (Fsp3) is 0.278. The molecule has 0 saturated carbocycles. The second kappa shape index (κ2) is 6.90. The van der Waals surface area contributed by atoms with Gasteiger partial charge in [-0.05, 0) is 42.2 Å². The molecule has 2 aromatic rings. The first-order chi connectivity index (χ1) is 9.97. The van der Waals surface area contributed by atoms with E-state index in [1.165, 1.54) is 0 Å². The monoisotopic (exact) mass is 345 g/mol. The molecular formula is C18H20BrNO. The zero-order chi connectivity index (χ0) is 15.4. The van der Waals surface area contributed by atoms with Crippen molar-refractivity contribution in [3.63, 3.8) is 0 Å². The summed E-state index contributed by atoms with van der Waals surface area (Å²) in [5.74, 6) is 0.284. The van der Waals surface area contributed by atoms with Crippen LogP contribution in [0.4, 0.5) is 0 Å². The van der Waals surface area contributed by atoms with Gasteiger partial charge in [0, 0.05) is 10.0 Å². The van der Waals surface area contributed by atoms with Gasteiger partial charge in [0.25, 0.3) is 5.91 Å². The van der Waals surface area contributed by atoms with Gasteiger partial charge in [-0.15, -0.1) is 0 Å². The number of halogens is 1. The Hall–Kier alpha value is -1.61. The molecule has 0 radical (unpaired) electrons. The van der Waals surface area contributed by atoms with Gasteiger partial charge in [0.15, 0.2) is 0 Å². The highest BCUT2D eigenvalue weighted by Crippen LogP contribution is 2.22. The molecule has 1 N–H and O–H groups in total. The fourth-order valence-corrected chi connectivity index (χ4v) is 2.99. The minimum Gasteiger partial charge on any atom is -0.345 e. The van der Waals surface area contributed by atoms with Gasteiger partial charge in [0.1, 0.15) is 0 Å². The first kappa shape index (κ1) is 15.8. The Morgan fingerprint density at radius 3 is 2.33 bits per heavy atom. The van der Waals surface area contributed by atoms with E-state index in [1.54, 1.807) is 0 Å². The van der Waals surface area contributed by atoms with Crippen LogP contribution in [0.1, 0.15) is 41.4 Å². The number of carbonyl (C=O) groups is 1. The van der Waals surface area contributed by atoms with Gasteiger partial charge in [0.2, 0.25) is 0 Å². The third-order valence-corrected chi connectivity index (χ3v) is 3.87. The van der Waals surface area contributed by atoms with E-state index in [0.29, 0.717) is 11.5 Å². The first-order valence-corrected chi connectivity index (χ1v) is 7.89. The molecule has 1 unspecified atom stereocenters. The molecule has 0 aliphatic rings. The van der Waals surface area contributed by atoms with Crippen LogP contribution in [0.3, 0.4) is 0 Å². The lowest BCUT2D eigenvalue weighted by Gasteiger charge is -2.23. The minimum atomic E-state index is -0.0399. The SMILES string of the molecule is Cc1cc(Br)cc(C(=O)NC(c2ccccc2)C(C)C)c1. The third-order valence-electron chi connectivity index (χ3n) is 3.42. The molecule has 0 aromatic heterocycles. The lowest BCUT2D eigenvalue weighted by molar-refractivity contribution is 0.0925. The summed E-state index contributed by atoms with van der Waals surface area (Å²) in [5.41, 5.74) is 2.88. The van der Waals surface area contributed by atoms with Crippen LogP contribution in [0.25, 0.3) is 0 Å². The van der Waals surface area contributed by atoms with Crippen LogP contribution in [0.5, 0.6) is 0 Å². The average molecular weight is 346 g/mol. The predicted molar refractivity (Wildman–Crippen MR) is 90.4 cm³/mol. The van der Waals surface area contributed by atoms with Gasteiger partial charge in [-0.1, -0.05) is 60.1 Å². The highest BCUT2D eigenvalue weighted by Gasteiger charge is 2.19. The lowest BCUT2D eigenvalue weighted by atomic mass is 9.95. The van der Waals surface area contributed by atoms with Crippen molar-refractivity contribution in [1.82, 2.24) is 5.32 Å². The maximum atomic E-state index is 12.5. The van der Waals surface area contributed by atoms with E-state index >= 15 is 0 Å². The maximum absolute atomic E-state index is 12.5. The molecule has 0 fully saturated rings. The van der Waals surface area contributed by atoms with Crippen molar-refractivity contribution in [2.75, 3.05) is 0 Å². The Bertz CT molecular complexity index is 602. The molecule has 2 aromatic carbocycles. The summed E-state index contributed by atoms with van der Waals surface area (Å²) in [4.78, 5) is 12.5. The molecule has 1 atom stereocenters. The number of nitrogens with one attached hydrogen (secondary N) is 1. The van der Waals surface area contributed by atoms with Crippen molar-refractivity contribution < 1.29 is 4.79 Å². The Labute approximate surface area is 134 Å². The van der Waals surface area contributed by atoms with Gasteiger partial charge in [0.05, 0.1) is 6.04 Å². The second-order valence-corrected chi connectivity index (χ2v) is 6.54. The highest BCUT2D eigenvalue weighted by atomic mass is 79.9. The van der Waals surface area contributed by atoms with Gasteiger partial charge < -0.3 is 5.32 Å². The zero-order valence-electron chi connectivity index (χ0n) is 12.6. The van der Waals surface area contributed by atoms with Gasteiger partial charge in [-0.2, -0.15) is 0 Å². The van der Waals surface area contributed by atoms with Crippen LogP contribution in [0, 0.1) is 12.8 Å². The molecule has 0 aliphatic carbocycles. The molecule has 3 heteroatoms. The van der Waals surface area contributed by atoms with Crippen LogP contribution in [0.2, 0.25) is 0 Å². The van der Waals surface area contributed by atoms with Crippen LogP contribution in [-0.2, 0) is 0 Å². The fourth-order valence-electron chi connectivity index (χ4n) is 2.39. The number of benzene rings is 2. The van der Waals surface area contributed by atoms with Crippen LogP contribution >= 0.6 is 15.9 Å². The summed E-state index contributed by atoms with van der Waals surface area (Å²) in [6.07, 6.45) is 0. The minimum absolute atomic E-state index is 0.0120. The summed E-state index contributed by atoms with van der Waals surface area (Å²) in [7, 11) is 0. The molecular weight excluding hydrogens is 326 g/mol. The maximum Gasteiger partial charge on any atom is 0.251 e. The Balaban J connectivity index is 2.23. The molecule has 2 nitrogen and oxygen atoms in total. The zero-order valence-corrected chi connectivity index (χ0v) is 14.1. The topological polar surface area (TPSA) is 29.1 Å². The number of hydrogen-bond acceptors (Lipinski definition) is 1. The van der Waals surface area contributed by atoms with E-state index in [2.05, 4.69) is 47.2 Å². The number of rotatable bonds is 4. The third kappa shape index (κ3) is 4.18. The number of hydrogen-bond donors (Lipinski definition) is 1. The van der Waals surface area contributed by atoms with Crippen molar-refractivity contribution in [2.24, 2.45) is 5.92 Å². The van der Waals surface area contributed by atoms with E-state index < -0.39 is 0 Å². The lowest BCUT2D eigenvalue weighted by Crippen LogP contribution is -2.31. The average Bonchev–Trinajstić information content (AvgIpc) is 2.44. The summed E-state index contributed by atoms with van der Waals surface area (Å²) in [6, 6.07) is 15.9. The molecule has 110 valence electrons. The molecule has 0 spiro atoms. The number of aryl methyl sites for hydroxylation is 1. The van der Waals surface area contributed by atoms with E-state index in [-0.39, 0.29) is 11.9 Å². The van der Waals surface area contributed by atoms with Crippen molar-refractivity contribution in [1.29, 1.82) is 0 Å². The molecule has 21 heavy (non-hydrogen) atoms. The van der Waals surface area contributed by atoms with Crippen molar-refractivity contribution in [3.05, 3.63) is 69.7 Å². The van der Waals surface area contributed by atoms with Crippen LogP contribution < -0.4 is 5.32 Å². The summed E-state index contributed by atoms with van der Waals surface area (Å²) in [5, 5.41) is 3.14. The van der Waals surface area contributed by atoms with Gasteiger partial charge in [-0.3, -0.25) is 4.79 Å². The van der Waals surface area contributed by atoms with E-state index in [4.69, 9.17) is 0 Å². The predicted octanol–water partition coefficient (Wildman–Crippen LogP) is 4.88. The van der Waals surface area contributed by atoms with Crippen molar-refractivity contribution >= 4 is 21.8 Å². The van der Waals surface area contributed by atoms with Gasteiger partial charge in [-0.25, -0.2) is 0 Å². The Morgan fingerprint density at radius 1 is 1.10 bits per heavy atom. The molecule has 1 amide bonds. The smallest absolute Gasteiger partial charge is 0.251 e. The quantitative estimate of drug-likeness (QED) is 0.840. The molecule has 0 heterocycles. The molecule has 0 bridgehead atoms. The molecule has 0 aliphatic heterocycles. The number of carbonyl (C=O) groups excluding carboxylic acids is 1. The van der Waals surface area contributed by atoms with Crippen molar-refractivity contribution in [3.8, 4) is 0 Å². The van der Waals surface area contributed by atoms with E-state index in [1.807, 2.05) is 43.3 Å². The Morgan fingerprint density at radius 2 is 1.76 bits per heavy atom. The van der Waals surface area contributed by atoms with Crippen LogP contribution in [-0.4, -0.2) is 5.91 Å². The molecule has 2 rings (SSSR count). The van der Waals surface area contributed by atoms with E-state index in [0.717, 1.165) is 15.6 Å². The van der Waals surface area contributed by atoms with E-state index in [9.17, 15) is 4.79 Å². The molecule has 0 saturated heterocycles. The summed E-state index contributed by atoms with van der Waals surface area (Å²) < 4.78 is 0.924. The number of amides is 1. The van der Waals surface area contributed by atoms with Crippen LogP contribution in [0.15, 0.2) is 53.0 Å². The Kier molecular flexibility index (Phi) is 5.18. The van der Waals surface area contributed by atoms with Gasteiger partial charge >= 0.3 is 0 Å². The standard InChI is InChI=1S/C18H20BrNO/c1-12(2)17(14-7-5-4-6-8-14)20-18(21)15-9-13(3)10-16(19)11-15/h4-12,17H,1-3H3,(H,20,21). The largest absolute Gasteiger partial charge is 0.345 e. The highest BCUT2D eigenvalue weighted by molar-refractivity contribution is 9.10. The first-order valence-electron chi connectivity index (χ1n) is 7.10.